The first-order valence-corrected chi connectivity index (χ1v) is 11.7. The Morgan fingerprint density at radius 2 is 1.78 bits per heavy atom. The van der Waals surface area contributed by atoms with Crippen molar-refractivity contribution < 1.29 is 27.5 Å². The molecule has 0 atom stereocenters. The fourth-order valence-corrected chi connectivity index (χ4v) is 5.43. The molecule has 0 aliphatic heterocycles. The van der Waals surface area contributed by atoms with Gasteiger partial charge in [0.05, 0.1) is 33.1 Å². The molecule has 2 aromatic carbocycles. The first kappa shape index (κ1) is 22.3. The van der Waals surface area contributed by atoms with Crippen molar-refractivity contribution in [2.75, 3.05) is 32.8 Å². The average Bonchev–Trinajstić information content (AvgIpc) is 3.30. The van der Waals surface area contributed by atoms with Crippen molar-refractivity contribution >= 4 is 19.3 Å². The van der Waals surface area contributed by atoms with Gasteiger partial charge < -0.3 is 14.8 Å². The van der Waals surface area contributed by atoms with Crippen LogP contribution in [0.25, 0.3) is 11.3 Å². The largest absolute Gasteiger partial charge is 0.493 e. The van der Waals surface area contributed by atoms with Gasteiger partial charge in [0.25, 0.3) is 0 Å². The van der Waals surface area contributed by atoms with Crippen LogP contribution < -0.4 is 14.8 Å². The second-order valence-corrected chi connectivity index (χ2v) is 8.88. The van der Waals surface area contributed by atoms with Gasteiger partial charge in [0.15, 0.2) is 17.3 Å². The summed E-state index contributed by atoms with van der Waals surface area (Å²) in [5.74, 6) is 1.19. The monoisotopic (exact) mass is 461 g/mol. The lowest BCUT2D eigenvalue weighted by Crippen LogP contribution is -2.08. The van der Waals surface area contributed by atoms with Crippen LogP contribution in [-0.4, -0.2) is 37.0 Å². The van der Waals surface area contributed by atoms with Gasteiger partial charge in [-0.15, -0.1) is 5.10 Å². The van der Waals surface area contributed by atoms with Crippen LogP contribution in [0.4, 0.5) is 15.9 Å². The Hall–Kier alpha value is -2.87. The molecule has 0 saturated heterocycles. The number of benzene rings is 2. The van der Waals surface area contributed by atoms with Gasteiger partial charge in [-0.3, -0.25) is 9.05 Å². The number of nitrogens with zero attached hydrogens (tertiary/aromatic N) is 2. The molecule has 1 N–H and O–H groups in total. The van der Waals surface area contributed by atoms with Crippen LogP contribution in [0.2, 0.25) is 0 Å². The quantitative estimate of drug-likeness (QED) is 0.335. The second kappa shape index (κ2) is 8.94. The normalized spacial score (nSPS) is 12.4. The SMILES string of the molecule is CCOP(=O)(OCC)n1nc(Nc2cccc(F)c2)c2c1-c1cc(OC)c(OC)cc1C2. The van der Waals surface area contributed by atoms with E-state index in [-0.39, 0.29) is 19.0 Å². The molecular weight excluding hydrogens is 436 g/mol. The second-order valence-electron chi connectivity index (χ2n) is 7.05. The van der Waals surface area contributed by atoms with Crippen LogP contribution in [-0.2, 0) is 20.0 Å². The maximum absolute atomic E-state index is 13.7. The minimum atomic E-state index is -3.78. The standard InChI is InChI=1S/C22H25FN3O5P/c1-5-30-32(27,31-6-2)26-21-17-13-20(29-4)19(28-3)11-14(17)10-18(21)22(25-26)24-16-9-7-8-15(23)12-16/h7-9,11-13H,5-6,10H2,1-4H3,(H,24,25). The molecule has 0 fully saturated rings. The Bertz CT molecular complexity index is 1190. The first-order chi connectivity index (χ1) is 15.4. The molecule has 3 aromatic rings. The van der Waals surface area contributed by atoms with E-state index in [0.717, 1.165) is 16.7 Å². The molecule has 1 aliphatic rings. The van der Waals surface area contributed by atoms with Crippen LogP contribution in [0.3, 0.4) is 0 Å². The van der Waals surface area contributed by atoms with E-state index in [1.807, 2.05) is 12.1 Å². The summed E-state index contributed by atoms with van der Waals surface area (Å²) < 4.78 is 50.8. The number of anilines is 2. The smallest absolute Gasteiger partial charge is 0.455 e. The average molecular weight is 461 g/mol. The predicted octanol–water partition coefficient (Wildman–Crippen LogP) is 5.38. The summed E-state index contributed by atoms with van der Waals surface area (Å²) in [5.41, 5.74) is 3.65. The molecular formula is C22H25FN3O5P. The van der Waals surface area contributed by atoms with Crippen LogP contribution in [0.1, 0.15) is 25.0 Å². The summed E-state index contributed by atoms with van der Waals surface area (Å²) in [4.78, 5) is 0. The van der Waals surface area contributed by atoms with Gasteiger partial charge in [-0.05, 0) is 49.7 Å². The topological polar surface area (TPSA) is 83.8 Å². The molecule has 1 aliphatic carbocycles. The van der Waals surface area contributed by atoms with Crippen molar-refractivity contribution in [2.24, 2.45) is 0 Å². The highest BCUT2D eigenvalue weighted by molar-refractivity contribution is 7.52. The summed E-state index contributed by atoms with van der Waals surface area (Å²) in [5, 5.41) is 7.71. The highest BCUT2D eigenvalue weighted by Crippen LogP contribution is 2.56. The summed E-state index contributed by atoms with van der Waals surface area (Å²) in [6.07, 6.45) is 0.501. The molecule has 0 bridgehead atoms. The summed E-state index contributed by atoms with van der Waals surface area (Å²) in [6, 6.07) is 9.77. The Morgan fingerprint density at radius 1 is 1.09 bits per heavy atom. The summed E-state index contributed by atoms with van der Waals surface area (Å²) >= 11 is 0. The van der Waals surface area contributed by atoms with Crippen LogP contribution >= 0.6 is 7.75 Å². The third kappa shape index (κ3) is 3.88. The predicted molar refractivity (Wildman–Crippen MR) is 120 cm³/mol. The molecule has 1 aromatic heterocycles. The minimum Gasteiger partial charge on any atom is -0.493 e. The van der Waals surface area contributed by atoms with Gasteiger partial charge in [0, 0.05) is 23.2 Å². The van der Waals surface area contributed by atoms with Crippen molar-refractivity contribution in [3.05, 3.63) is 53.3 Å². The lowest BCUT2D eigenvalue weighted by Gasteiger charge is -2.19. The van der Waals surface area contributed by atoms with E-state index in [1.54, 1.807) is 40.2 Å². The number of ether oxygens (including phenoxy) is 2. The van der Waals surface area contributed by atoms with E-state index < -0.39 is 7.75 Å². The van der Waals surface area contributed by atoms with E-state index in [1.165, 1.54) is 16.6 Å². The van der Waals surface area contributed by atoms with Gasteiger partial charge in [0.2, 0.25) is 0 Å². The summed E-state index contributed by atoms with van der Waals surface area (Å²) in [7, 11) is -0.657. The maximum Gasteiger partial charge on any atom is 0.455 e. The van der Waals surface area contributed by atoms with Gasteiger partial charge in [0.1, 0.15) is 5.82 Å². The number of nitrogens with one attached hydrogen (secondary N) is 1. The fraction of sp³-hybridized carbons (Fsp3) is 0.318. The summed E-state index contributed by atoms with van der Waals surface area (Å²) in [6.45, 7) is 3.83. The highest BCUT2D eigenvalue weighted by atomic mass is 31.2. The molecule has 170 valence electrons. The third-order valence-corrected chi connectivity index (χ3v) is 7.02. The molecule has 4 rings (SSSR count). The van der Waals surface area contributed by atoms with Crippen LogP contribution in [0.5, 0.6) is 11.5 Å². The Labute approximate surface area is 185 Å². The highest BCUT2D eigenvalue weighted by Gasteiger charge is 2.38. The van der Waals surface area contributed by atoms with Crippen molar-refractivity contribution in [2.45, 2.75) is 20.3 Å². The van der Waals surface area contributed by atoms with E-state index >= 15 is 0 Å². The fourth-order valence-electron chi connectivity index (χ4n) is 3.81. The molecule has 0 radical (unpaired) electrons. The number of halogens is 1. The third-order valence-electron chi connectivity index (χ3n) is 5.10. The number of hydrogen-bond acceptors (Lipinski definition) is 7. The number of methoxy groups -OCH3 is 2. The van der Waals surface area contributed by atoms with E-state index in [0.29, 0.717) is 35.1 Å². The van der Waals surface area contributed by atoms with Crippen molar-refractivity contribution in [1.29, 1.82) is 0 Å². The first-order valence-electron chi connectivity index (χ1n) is 10.2. The molecule has 0 spiro atoms. The van der Waals surface area contributed by atoms with E-state index in [9.17, 15) is 8.96 Å². The maximum atomic E-state index is 13.7. The molecule has 8 nitrogen and oxygen atoms in total. The molecule has 32 heavy (non-hydrogen) atoms. The van der Waals surface area contributed by atoms with Crippen LogP contribution in [0, 0.1) is 5.82 Å². The number of hydrogen-bond donors (Lipinski definition) is 1. The molecule has 0 amide bonds. The van der Waals surface area contributed by atoms with Gasteiger partial charge >= 0.3 is 7.75 Å². The number of rotatable bonds is 9. The molecule has 1 heterocycles. The lowest BCUT2D eigenvalue weighted by atomic mass is 10.1. The van der Waals surface area contributed by atoms with E-state index in [2.05, 4.69) is 10.4 Å². The lowest BCUT2D eigenvalue weighted by molar-refractivity contribution is 0.210. The molecule has 0 saturated carbocycles. The van der Waals surface area contributed by atoms with Crippen molar-refractivity contribution in [1.82, 2.24) is 9.55 Å². The Kier molecular flexibility index (Phi) is 6.24. The van der Waals surface area contributed by atoms with Gasteiger partial charge in [-0.1, -0.05) is 6.07 Å². The van der Waals surface area contributed by atoms with Gasteiger partial charge in [-0.2, -0.15) is 4.45 Å². The molecule has 10 heteroatoms. The minimum absolute atomic E-state index is 0.178. The van der Waals surface area contributed by atoms with Crippen molar-refractivity contribution in [3.8, 4) is 22.8 Å². The van der Waals surface area contributed by atoms with Crippen molar-refractivity contribution in [3.63, 3.8) is 0 Å². The zero-order valence-electron chi connectivity index (χ0n) is 18.3. The Balaban J connectivity index is 1.91. The van der Waals surface area contributed by atoms with E-state index in [4.69, 9.17) is 18.5 Å². The number of fused-ring (bicyclic) bond motifs is 3. The van der Waals surface area contributed by atoms with Gasteiger partial charge in [-0.25, -0.2) is 8.96 Å². The van der Waals surface area contributed by atoms with Crippen LogP contribution in [0.15, 0.2) is 36.4 Å². The zero-order valence-corrected chi connectivity index (χ0v) is 19.2. The zero-order chi connectivity index (χ0) is 22.9. The number of aromatic nitrogens is 2. The Morgan fingerprint density at radius 3 is 2.41 bits per heavy atom. The molecule has 0 unspecified atom stereocenters.